The Hall–Kier alpha value is -1.80. The number of alkyl halides is 1. The third-order valence-electron chi connectivity index (χ3n) is 1.66. The molecule has 0 aliphatic carbocycles. The lowest BCUT2D eigenvalue weighted by molar-refractivity contribution is 1.08. The molecule has 0 spiro atoms. The average molecular weight is 208 g/mol. The minimum absolute atomic E-state index is 0.258. The van der Waals surface area contributed by atoms with E-state index >= 15 is 0 Å². The molecule has 2 rings (SSSR count). The van der Waals surface area contributed by atoms with Gasteiger partial charge in [0.1, 0.15) is 17.8 Å². The molecule has 0 aliphatic rings. The van der Waals surface area contributed by atoms with Gasteiger partial charge in [0.2, 0.25) is 0 Å². The predicted molar refractivity (Wildman–Crippen MR) is 53.7 cm³/mol. The molecular weight excluding hydrogens is 202 g/mol. The van der Waals surface area contributed by atoms with Crippen molar-refractivity contribution in [1.82, 2.24) is 20.2 Å². The lowest BCUT2D eigenvalue weighted by Gasteiger charge is -1.91. The van der Waals surface area contributed by atoms with Gasteiger partial charge in [-0.3, -0.25) is 5.10 Å². The second kappa shape index (κ2) is 3.52. The normalized spacial score (nSPS) is 9.79. The van der Waals surface area contributed by atoms with Gasteiger partial charge in [0, 0.05) is 0 Å². The van der Waals surface area contributed by atoms with Gasteiger partial charge in [0.25, 0.3) is 0 Å². The van der Waals surface area contributed by atoms with Crippen LogP contribution in [0.4, 0.5) is 5.82 Å². The Morgan fingerprint density at radius 3 is 3.14 bits per heavy atom. The second-order valence-electron chi connectivity index (χ2n) is 2.49. The molecule has 0 bridgehead atoms. The summed E-state index contributed by atoms with van der Waals surface area (Å²) < 4.78 is 0. The van der Waals surface area contributed by atoms with E-state index in [2.05, 4.69) is 32.0 Å². The molecule has 5 nitrogen and oxygen atoms in total. The number of hydrogen-bond acceptors (Lipinski definition) is 4. The zero-order valence-corrected chi connectivity index (χ0v) is 7.84. The van der Waals surface area contributed by atoms with E-state index in [1.165, 1.54) is 6.33 Å². The van der Waals surface area contributed by atoms with Gasteiger partial charge in [0.05, 0.1) is 11.3 Å². The van der Waals surface area contributed by atoms with E-state index in [9.17, 15) is 0 Å². The van der Waals surface area contributed by atoms with Gasteiger partial charge in [-0.2, -0.15) is 5.10 Å². The fourth-order valence-electron chi connectivity index (χ4n) is 1.09. The SMILES string of the molecule is Nc1ncnc2n[nH]c(C#CCCl)c12. The fourth-order valence-corrected chi connectivity index (χ4v) is 1.16. The van der Waals surface area contributed by atoms with Gasteiger partial charge in [0.15, 0.2) is 5.65 Å². The molecule has 3 N–H and O–H groups in total. The van der Waals surface area contributed by atoms with Crippen LogP contribution in [0.25, 0.3) is 11.0 Å². The van der Waals surface area contributed by atoms with E-state index in [0.29, 0.717) is 22.5 Å². The molecule has 14 heavy (non-hydrogen) atoms. The summed E-state index contributed by atoms with van der Waals surface area (Å²) >= 11 is 5.44. The van der Waals surface area contributed by atoms with Crippen LogP contribution in [-0.4, -0.2) is 26.0 Å². The van der Waals surface area contributed by atoms with Gasteiger partial charge in [-0.25, -0.2) is 9.97 Å². The fraction of sp³-hybridized carbons (Fsp3) is 0.125. The number of nitrogens with one attached hydrogen (secondary N) is 1. The van der Waals surface area contributed by atoms with Crippen molar-refractivity contribution in [2.45, 2.75) is 0 Å². The van der Waals surface area contributed by atoms with Crippen LogP contribution in [-0.2, 0) is 0 Å². The first-order valence-corrected chi connectivity index (χ1v) is 4.35. The molecule has 0 radical (unpaired) electrons. The summed E-state index contributed by atoms with van der Waals surface area (Å²) in [6.07, 6.45) is 1.36. The molecule has 2 aromatic heterocycles. The highest BCUT2D eigenvalue weighted by atomic mass is 35.5. The maximum absolute atomic E-state index is 5.66. The first-order chi connectivity index (χ1) is 6.83. The number of nitrogens with zero attached hydrogens (tertiary/aromatic N) is 3. The Morgan fingerprint density at radius 1 is 1.50 bits per heavy atom. The van der Waals surface area contributed by atoms with Crippen LogP contribution >= 0.6 is 11.6 Å². The van der Waals surface area contributed by atoms with E-state index in [-0.39, 0.29) is 5.88 Å². The van der Waals surface area contributed by atoms with Crippen molar-refractivity contribution in [3.05, 3.63) is 12.0 Å². The first kappa shape index (κ1) is 8.78. The van der Waals surface area contributed by atoms with Gasteiger partial charge in [-0.05, 0) is 5.92 Å². The van der Waals surface area contributed by atoms with Gasteiger partial charge < -0.3 is 5.73 Å². The number of anilines is 1. The number of aromatic nitrogens is 4. The summed E-state index contributed by atoms with van der Waals surface area (Å²) in [6, 6.07) is 0. The summed E-state index contributed by atoms with van der Waals surface area (Å²) in [5, 5.41) is 7.30. The maximum Gasteiger partial charge on any atom is 0.187 e. The molecule has 0 fully saturated rings. The Bertz CT molecular complexity index is 521. The number of nitrogen functional groups attached to an aromatic ring is 1. The molecule has 2 aromatic rings. The van der Waals surface area contributed by atoms with E-state index in [1.807, 2.05) is 0 Å². The van der Waals surface area contributed by atoms with Crippen LogP contribution in [0.1, 0.15) is 5.69 Å². The highest BCUT2D eigenvalue weighted by molar-refractivity contribution is 6.19. The molecule has 0 aliphatic heterocycles. The smallest absolute Gasteiger partial charge is 0.187 e. The van der Waals surface area contributed by atoms with Gasteiger partial charge in [-0.1, -0.05) is 5.92 Å². The van der Waals surface area contributed by atoms with Crippen molar-refractivity contribution < 1.29 is 0 Å². The standard InChI is InChI=1S/C8H6ClN5/c9-3-1-2-5-6-7(10)11-4-12-8(6)14-13-5/h4H,3H2,(H3,10,11,12,13,14). The van der Waals surface area contributed by atoms with Gasteiger partial charge >= 0.3 is 0 Å². The molecular formula is C8H6ClN5. The zero-order chi connectivity index (χ0) is 9.97. The number of H-pyrrole nitrogens is 1. The number of nitrogens with two attached hydrogens (primary N) is 1. The Morgan fingerprint density at radius 2 is 2.36 bits per heavy atom. The van der Waals surface area contributed by atoms with E-state index < -0.39 is 0 Å². The van der Waals surface area contributed by atoms with E-state index in [4.69, 9.17) is 17.3 Å². The third kappa shape index (κ3) is 1.36. The van der Waals surface area contributed by atoms with Crippen molar-refractivity contribution in [2.75, 3.05) is 11.6 Å². The lowest BCUT2D eigenvalue weighted by Crippen LogP contribution is -1.92. The highest BCUT2D eigenvalue weighted by Crippen LogP contribution is 2.17. The largest absolute Gasteiger partial charge is 0.383 e. The molecule has 0 amide bonds. The molecule has 0 saturated carbocycles. The Balaban J connectivity index is 2.67. The number of hydrogen-bond donors (Lipinski definition) is 2. The van der Waals surface area contributed by atoms with Crippen LogP contribution in [0.3, 0.4) is 0 Å². The Kier molecular flexibility index (Phi) is 2.21. The molecule has 70 valence electrons. The summed E-state index contributed by atoms with van der Waals surface area (Å²) in [6.45, 7) is 0. The Labute approximate surface area is 84.7 Å². The molecule has 0 aromatic carbocycles. The monoisotopic (exact) mass is 207 g/mol. The highest BCUT2D eigenvalue weighted by Gasteiger charge is 2.07. The quantitative estimate of drug-likeness (QED) is 0.488. The van der Waals surface area contributed by atoms with E-state index in [1.54, 1.807) is 0 Å². The van der Waals surface area contributed by atoms with Crippen molar-refractivity contribution in [3.63, 3.8) is 0 Å². The summed E-state index contributed by atoms with van der Waals surface area (Å²) in [5.41, 5.74) is 6.77. The van der Waals surface area contributed by atoms with Crippen LogP contribution in [0, 0.1) is 11.8 Å². The summed E-state index contributed by atoms with van der Waals surface area (Å²) in [4.78, 5) is 7.79. The predicted octanol–water partition coefficient (Wildman–Crippen LogP) is 0.525. The molecule has 2 heterocycles. The number of aromatic amines is 1. The summed E-state index contributed by atoms with van der Waals surface area (Å²) in [7, 11) is 0. The summed E-state index contributed by atoms with van der Waals surface area (Å²) in [5.74, 6) is 6.12. The van der Waals surface area contributed by atoms with Crippen LogP contribution < -0.4 is 5.73 Å². The van der Waals surface area contributed by atoms with Crippen LogP contribution in [0.2, 0.25) is 0 Å². The molecule has 0 atom stereocenters. The topological polar surface area (TPSA) is 80.5 Å². The van der Waals surface area contributed by atoms with Crippen molar-refractivity contribution in [2.24, 2.45) is 0 Å². The molecule has 0 unspecified atom stereocenters. The number of rotatable bonds is 0. The third-order valence-corrected chi connectivity index (χ3v) is 1.79. The second-order valence-corrected chi connectivity index (χ2v) is 2.76. The van der Waals surface area contributed by atoms with Crippen molar-refractivity contribution >= 4 is 28.5 Å². The average Bonchev–Trinajstić information content (AvgIpc) is 2.59. The van der Waals surface area contributed by atoms with E-state index in [0.717, 1.165) is 0 Å². The maximum atomic E-state index is 5.66. The van der Waals surface area contributed by atoms with Crippen LogP contribution in [0.5, 0.6) is 0 Å². The minimum Gasteiger partial charge on any atom is -0.383 e. The molecule has 0 saturated heterocycles. The lowest BCUT2D eigenvalue weighted by atomic mass is 10.3. The van der Waals surface area contributed by atoms with Crippen molar-refractivity contribution in [1.29, 1.82) is 0 Å². The van der Waals surface area contributed by atoms with Crippen molar-refractivity contribution in [3.8, 4) is 11.8 Å². The van der Waals surface area contributed by atoms with Crippen LogP contribution in [0.15, 0.2) is 6.33 Å². The number of halogens is 1. The molecule has 6 heteroatoms. The van der Waals surface area contributed by atoms with Gasteiger partial charge in [-0.15, -0.1) is 11.6 Å². The zero-order valence-electron chi connectivity index (χ0n) is 7.08. The number of fused-ring (bicyclic) bond motifs is 1. The first-order valence-electron chi connectivity index (χ1n) is 3.82. The minimum atomic E-state index is 0.258.